The van der Waals surface area contributed by atoms with Crippen molar-refractivity contribution in [3.8, 4) is 0 Å². The zero-order valence-corrected chi connectivity index (χ0v) is 10.3. The van der Waals surface area contributed by atoms with Crippen LogP contribution in [0.25, 0.3) is 0 Å². The monoisotopic (exact) mass is 210 g/mol. The standard InChI is InChI=1S/C13H26N2/c1-3-11-5-8-14-12(9-11)10-15-13(2)6-4-7-13/h11-12,14-15H,3-10H2,1-2H3. The molecular formula is C13H26N2. The van der Waals surface area contributed by atoms with Crippen molar-refractivity contribution in [1.29, 1.82) is 0 Å². The van der Waals surface area contributed by atoms with Crippen LogP contribution in [-0.4, -0.2) is 24.7 Å². The molecular weight excluding hydrogens is 184 g/mol. The van der Waals surface area contributed by atoms with Crippen LogP contribution in [0.4, 0.5) is 0 Å². The van der Waals surface area contributed by atoms with Crippen LogP contribution in [0.5, 0.6) is 0 Å². The van der Waals surface area contributed by atoms with Gasteiger partial charge in [-0.15, -0.1) is 0 Å². The van der Waals surface area contributed by atoms with Crippen LogP contribution in [0.1, 0.15) is 52.4 Å². The molecule has 2 atom stereocenters. The third kappa shape index (κ3) is 2.94. The van der Waals surface area contributed by atoms with Crippen LogP contribution in [0, 0.1) is 5.92 Å². The molecule has 1 aliphatic carbocycles. The van der Waals surface area contributed by atoms with Gasteiger partial charge in [0.1, 0.15) is 0 Å². The summed E-state index contributed by atoms with van der Waals surface area (Å²) >= 11 is 0. The van der Waals surface area contributed by atoms with Crippen molar-refractivity contribution in [1.82, 2.24) is 10.6 Å². The Bertz CT molecular complexity index is 199. The number of nitrogens with one attached hydrogen (secondary N) is 2. The van der Waals surface area contributed by atoms with E-state index in [2.05, 4.69) is 24.5 Å². The summed E-state index contributed by atoms with van der Waals surface area (Å²) in [5.41, 5.74) is 0.473. The molecule has 0 spiro atoms. The predicted molar refractivity (Wildman–Crippen MR) is 65.1 cm³/mol. The molecule has 1 saturated heterocycles. The van der Waals surface area contributed by atoms with Crippen LogP contribution in [0.3, 0.4) is 0 Å². The van der Waals surface area contributed by atoms with Gasteiger partial charge in [-0.05, 0) is 51.5 Å². The Hall–Kier alpha value is -0.0800. The van der Waals surface area contributed by atoms with Crippen molar-refractivity contribution >= 4 is 0 Å². The van der Waals surface area contributed by atoms with E-state index in [1.807, 2.05) is 0 Å². The molecule has 1 aliphatic heterocycles. The second-order valence-electron chi connectivity index (χ2n) is 5.74. The predicted octanol–water partition coefficient (Wildman–Crippen LogP) is 2.30. The summed E-state index contributed by atoms with van der Waals surface area (Å²) in [6.45, 7) is 7.10. The van der Waals surface area contributed by atoms with E-state index < -0.39 is 0 Å². The van der Waals surface area contributed by atoms with Crippen molar-refractivity contribution in [3.05, 3.63) is 0 Å². The average molecular weight is 210 g/mol. The Balaban J connectivity index is 1.69. The summed E-state index contributed by atoms with van der Waals surface area (Å²) in [5.74, 6) is 0.965. The van der Waals surface area contributed by atoms with E-state index in [0.29, 0.717) is 5.54 Å². The first-order chi connectivity index (χ1) is 7.22. The minimum absolute atomic E-state index is 0.473. The molecule has 0 aromatic carbocycles. The average Bonchev–Trinajstić information content (AvgIpc) is 2.24. The van der Waals surface area contributed by atoms with E-state index in [-0.39, 0.29) is 0 Å². The Labute approximate surface area is 94.2 Å². The first-order valence-corrected chi connectivity index (χ1v) is 6.70. The van der Waals surface area contributed by atoms with Crippen LogP contribution >= 0.6 is 0 Å². The molecule has 2 nitrogen and oxygen atoms in total. The lowest BCUT2D eigenvalue weighted by Crippen LogP contribution is -2.54. The Morgan fingerprint density at radius 2 is 2.20 bits per heavy atom. The molecule has 1 saturated carbocycles. The SMILES string of the molecule is CCC1CCNC(CNC2(C)CCC2)C1. The topological polar surface area (TPSA) is 24.1 Å². The third-order valence-corrected chi connectivity index (χ3v) is 4.41. The molecule has 2 rings (SSSR count). The highest BCUT2D eigenvalue weighted by Crippen LogP contribution is 2.31. The smallest absolute Gasteiger partial charge is 0.0195 e. The Morgan fingerprint density at radius 1 is 1.40 bits per heavy atom. The van der Waals surface area contributed by atoms with Crippen LogP contribution in [0.2, 0.25) is 0 Å². The maximum absolute atomic E-state index is 3.75. The lowest BCUT2D eigenvalue weighted by atomic mass is 9.78. The van der Waals surface area contributed by atoms with Crippen LogP contribution in [0.15, 0.2) is 0 Å². The lowest BCUT2D eigenvalue weighted by molar-refractivity contribution is 0.188. The summed E-state index contributed by atoms with van der Waals surface area (Å²) < 4.78 is 0. The molecule has 88 valence electrons. The molecule has 0 bridgehead atoms. The van der Waals surface area contributed by atoms with Gasteiger partial charge < -0.3 is 10.6 Å². The molecule has 1 heterocycles. The number of hydrogen-bond acceptors (Lipinski definition) is 2. The van der Waals surface area contributed by atoms with Crippen molar-refractivity contribution in [2.75, 3.05) is 13.1 Å². The van der Waals surface area contributed by atoms with E-state index in [4.69, 9.17) is 0 Å². The number of piperidine rings is 1. The van der Waals surface area contributed by atoms with Crippen LogP contribution in [-0.2, 0) is 0 Å². The molecule has 2 heteroatoms. The minimum atomic E-state index is 0.473. The van der Waals surface area contributed by atoms with Gasteiger partial charge in [0.25, 0.3) is 0 Å². The number of hydrogen-bond donors (Lipinski definition) is 2. The van der Waals surface area contributed by atoms with Gasteiger partial charge >= 0.3 is 0 Å². The van der Waals surface area contributed by atoms with Gasteiger partial charge in [-0.25, -0.2) is 0 Å². The van der Waals surface area contributed by atoms with Crippen molar-refractivity contribution in [3.63, 3.8) is 0 Å². The van der Waals surface area contributed by atoms with Gasteiger partial charge in [0.05, 0.1) is 0 Å². The summed E-state index contributed by atoms with van der Waals surface area (Å²) in [5, 5.41) is 7.39. The first kappa shape index (κ1) is 11.4. The summed E-state index contributed by atoms with van der Waals surface area (Å²) in [7, 11) is 0. The summed E-state index contributed by atoms with van der Waals surface area (Å²) in [4.78, 5) is 0. The fourth-order valence-electron chi connectivity index (χ4n) is 2.87. The van der Waals surface area contributed by atoms with Gasteiger partial charge in [0.2, 0.25) is 0 Å². The molecule has 2 N–H and O–H groups in total. The maximum atomic E-state index is 3.75. The van der Waals surface area contributed by atoms with E-state index in [1.165, 1.54) is 51.6 Å². The zero-order chi connectivity index (χ0) is 10.7. The largest absolute Gasteiger partial charge is 0.313 e. The first-order valence-electron chi connectivity index (χ1n) is 6.70. The van der Waals surface area contributed by atoms with E-state index in [9.17, 15) is 0 Å². The highest BCUT2D eigenvalue weighted by atomic mass is 15.0. The van der Waals surface area contributed by atoms with E-state index in [1.54, 1.807) is 0 Å². The second kappa shape index (κ2) is 4.84. The normalized spacial score (nSPS) is 34.8. The fraction of sp³-hybridized carbons (Fsp3) is 1.00. The van der Waals surface area contributed by atoms with Gasteiger partial charge in [-0.3, -0.25) is 0 Å². The van der Waals surface area contributed by atoms with Crippen molar-refractivity contribution in [2.45, 2.75) is 64.0 Å². The third-order valence-electron chi connectivity index (χ3n) is 4.41. The quantitative estimate of drug-likeness (QED) is 0.744. The molecule has 0 amide bonds. The lowest BCUT2D eigenvalue weighted by Gasteiger charge is -2.41. The molecule has 2 aliphatic rings. The highest BCUT2D eigenvalue weighted by Gasteiger charge is 2.32. The van der Waals surface area contributed by atoms with Gasteiger partial charge in [0, 0.05) is 18.1 Å². The van der Waals surface area contributed by atoms with Gasteiger partial charge in [-0.2, -0.15) is 0 Å². The summed E-state index contributed by atoms with van der Waals surface area (Å²) in [6, 6.07) is 0.723. The Kier molecular flexibility index (Phi) is 3.68. The molecule has 0 radical (unpaired) electrons. The molecule has 2 unspecified atom stereocenters. The second-order valence-corrected chi connectivity index (χ2v) is 5.74. The maximum Gasteiger partial charge on any atom is 0.0195 e. The molecule has 0 aromatic heterocycles. The zero-order valence-electron chi connectivity index (χ0n) is 10.3. The van der Waals surface area contributed by atoms with Crippen molar-refractivity contribution < 1.29 is 0 Å². The Morgan fingerprint density at radius 3 is 2.80 bits per heavy atom. The molecule has 2 fully saturated rings. The minimum Gasteiger partial charge on any atom is -0.313 e. The van der Waals surface area contributed by atoms with Crippen molar-refractivity contribution in [2.24, 2.45) is 5.92 Å². The van der Waals surface area contributed by atoms with Crippen LogP contribution < -0.4 is 10.6 Å². The molecule has 0 aromatic rings. The van der Waals surface area contributed by atoms with E-state index >= 15 is 0 Å². The fourth-order valence-corrected chi connectivity index (χ4v) is 2.87. The van der Waals surface area contributed by atoms with Gasteiger partial charge in [0.15, 0.2) is 0 Å². The van der Waals surface area contributed by atoms with Gasteiger partial charge in [-0.1, -0.05) is 13.3 Å². The van der Waals surface area contributed by atoms with E-state index in [0.717, 1.165) is 12.0 Å². The summed E-state index contributed by atoms with van der Waals surface area (Å²) in [6.07, 6.45) is 8.27. The molecule has 15 heavy (non-hydrogen) atoms. The number of rotatable bonds is 4. The highest BCUT2D eigenvalue weighted by molar-refractivity contribution is 4.93.